The molecule has 3 rings (SSSR count). The normalized spacial score (nSPS) is 16.3. The molecule has 1 aliphatic rings. The predicted molar refractivity (Wildman–Crippen MR) is 103 cm³/mol. The number of anilines is 1. The molecular weight excluding hydrogens is 344 g/mol. The first-order valence-corrected chi connectivity index (χ1v) is 8.96. The lowest BCUT2D eigenvalue weighted by Crippen LogP contribution is -2.37. The van der Waals surface area contributed by atoms with Crippen LogP contribution in [0.4, 0.5) is 5.69 Å². The highest BCUT2D eigenvalue weighted by atomic mass is 16.5. The van der Waals surface area contributed by atoms with E-state index in [-0.39, 0.29) is 17.9 Å². The fraction of sp³-hybridized carbons (Fsp3) is 0.333. The smallest absolute Gasteiger partial charge is 0.229 e. The molecule has 2 aromatic carbocycles. The van der Waals surface area contributed by atoms with Gasteiger partial charge >= 0.3 is 0 Å². The highest BCUT2D eigenvalue weighted by Crippen LogP contribution is 2.24. The lowest BCUT2D eigenvalue weighted by Gasteiger charge is -2.17. The zero-order chi connectivity index (χ0) is 19.2. The van der Waals surface area contributed by atoms with Gasteiger partial charge in [0, 0.05) is 25.1 Å². The third-order valence-corrected chi connectivity index (χ3v) is 4.67. The van der Waals surface area contributed by atoms with Gasteiger partial charge in [0.2, 0.25) is 11.8 Å². The molecule has 2 amide bonds. The molecule has 1 heterocycles. The Morgan fingerprint density at radius 2 is 1.63 bits per heavy atom. The summed E-state index contributed by atoms with van der Waals surface area (Å²) in [6.45, 7) is 0.486. The minimum atomic E-state index is -0.164. The molecule has 1 aliphatic heterocycles. The van der Waals surface area contributed by atoms with E-state index in [4.69, 9.17) is 9.47 Å². The minimum Gasteiger partial charge on any atom is -0.497 e. The average Bonchev–Trinajstić information content (AvgIpc) is 3.06. The Labute approximate surface area is 159 Å². The fourth-order valence-electron chi connectivity index (χ4n) is 3.17. The lowest BCUT2D eigenvalue weighted by molar-refractivity contribution is -0.121. The second-order valence-electron chi connectivity index (χ2n) is 6.52. The van der Waals surface area contributed by atoms with Crippen LogP contribution in [0.25, 0.3) is 0 Å². The van der Waals surface area contributed by atoms with E-state index in [2.05, 4.69) is 5.32 Å². The molecule has 0 aliphatic carbocycles. The van der Waals surface area contributed by atoms with E-state index in [1.165, 1.54) is 0 Å². The van der Waals surface area contributed by atoms with Crippen LogP contribution in [-0.4, -0.2) is 38.6 Å². The zero-order valence-corrected chi connectivity index (χ0v) is 15.6. The Kier molecular flexibility index (Phi) is 5.96. The number of amides is 2. The summed E-state index contributed by atoms with van der Waals surface area (Å²) in [4.78, 5) is 26.2. The minimum absolute atomic E-state index is 0.0145. The molecular formula is C21H24N2O4. The van der Waals surface area contributed by atoms with Crippen LogP contribution in [0.5, 0.6) is 11.5 Å². The van der Waals surface area contributed by atoms with Crippen molar-refractivity contribution in [1.82, 2.24) is 5.32 Å². The van der Waals surface area contributed by atoms with Gasteiger partial charge in [-0.15, -0.1) is 0 Å². The molecule has 1 atom stereocenters. The average molecular weight is 368 g/mol. The van der Waals surface area contributed by atoms with Crippen LogP contribution in [0.2, 0.25) is 0 Å². The van der Waals surface area contributed by atoms with Crippen LogP contribution in [0.1, 0.15) is 18.4 Å². The Morgan fingerprint density at radius 1 is 1.04 bits per heavy atom. The number of ether oxygens (including phenoxy) is 2. The predicted octanol–water partition coefficient (Wildman–Crippen LogP) is 2.56. The number of hydrogen-bond acceptors (Lipinski definition) is 4. The van der Waals surface area contributed by atoms with Crippen molar-refractivity contribution in [3.63, 3.8) is 0 Å². The van der Waals surface area contributed by atoms with Gasteiger partial charge in [-0.3, -0.25) is 9.59 Å². The molecule has 0 saturated carbocycles. The first kappa shape index (κ1) is 18.8. The van der Waals surface area contributed by atoms with Crippen molar-refractivity contribution in [2.75, 3.05) is 25.7 Å². The van der Waals surface area contributed by atoms with E-state index in [0.717, 1.165) is 22.7 Å². The molecule has 1 fully saturated rings. The Balaban J connectivity index is 1.50. The van der Waals surface area contributed by atoms with E-state index in [1.807, 2.05) is 48.5 Å². The van der Waals surface area contributed by atoms with Crippen molar-refractivity contribution in [2.24, 2.45) is 0 Å². The van der Waals surface area contributed by atoms with E-state index in [0.29, 0.717) is 25.8 Å². The summed E-state index contributed by atoms with van der Waals surface area (Å²) in [6.07, 6.45) is 1.36. The van der Waals surface area contributed by atoms with Crippen molar-refractivity contribution in [3.8, 4) is 11.5 Å². The van der Waals surface area contributed by atoms with Gasteiger partial charge in [-0.2, -0.15) is 0 Å². The van der Waals surface area contributed by atoms with Crippen LogP contribution in [0.15, 0.2) is 48.5 Å². The van der Waals surface area contributed by atoms with Gasteiger partial charge < -0.3 is 19.7 Å². The molecule has 1 saturated heterocycles. The molecule has 6 heteroatoms. The van der Waals surface area contributed by atoms with Gasteiger partial charge in [-0.05, 0) is 48.4 Å². The van der Waals surface area contributed by atoms with Crippen LogP contribution in [-0.2, 0) is 16.0 Å². The van der Waals surface area contributed by atoms with Gasteiger partial charge in [0.1, 0.15) is 11.5 Å². The highest BCUT2D eigenvalue weighted by molar-refractivity contribution is 5.96. The van der Waals surface area contributed by atoms with E-state index < -0.39 is 0 Å². The Morgan fingerprint density at radius 3 is 2.22 bits per heavy atom. The molecule has 6 nitrogen and oxygen atoms in total. The van der Waals surface area contributed by atoms with Crippen LogP contribution < -0.4 is 19.7 Å². The topological polar surface area (TPSA) is 67.9 Å². The summed E-state index contributed by atoms with van der Waals surface area (Å²) in [5, 5.41) is 2.97. The number of benzene rings is 2. The standard InChI is InChI=1S/C21H24N2O4/c1-26-18-8-3-15(4-9-18)5-12-20(24)22-16-13-21(25)23(14-16)17-6-10-19(27-2)11-7-17/h3-4,6-11,16H,5,12-14H2,1-2H3,(H,22,24)/t16-/m0/s1. The van der Waals surface area contributed by atoms with Gasteiger partial charge in [-0.25, -0.2) is 0 Å². The molecule has 142 valence electrons. The fourth-order valence-corrected chi connectivity index (χ4v) is 3.17. The SMILES string of the molecule is COc1ccc(CCC(=O)N[C@H]2CC(=O)N(c3ccc(OC)cc3)C2)cc1. The first-order chi connectivity index (χ1) is 13.1. The van der Waals surface area contributed by atoms with Crippen molar-refractivity contribution < 1.29 is 19.1 Å². The van der Waals surface area contributed by atoms with Gasteiger partial charge in [-0.1, -0.05) is 12.1 Å². The molecule has 0 radical (unpaired) electrons. The number of rotatable bonds is 7. The van der Waals surface area contributed by atoms with E-state index in [9.17, 15) is 9.59 Å². The van der Waals surface area contributed by atoms with Crippen LogP contribution in [0, 0.1) is 0 Å². The number of nitrogens with one attached hydrogen (secondary N) is 1. The zero-order valence-electron chi connectivity index (χ0n) is 15.6. The molecule has 2 aromatic rings. The largest absolute Gasteiger partial charge is 0.497 e. The number of methoxy groups -OCH3 is 2. The van der Waals surface area contributed by atoms with Crippen LogP contribution in [0.3, 0.4) is 0 Å². The van der Waals surface area contributed by atoms with Crippen molar-refractivity contribution in [3.05, 3.63) is 54.1 Å². The second-order valence-corrected chi connectivity index (χ2v) is 6.52. The van der Waals surface area contributed by atoms with E-state index >= 15 is 0 Å². The number of carbonyl (C=O) groups excluding carboxylic acids is 2. The molecule has 0 spiro atoms. The maximum atomic E-state index is 12.3. The van der Waals surface area contributed by atoms with Crippen molar-refractivity contribution in [2.45, 2.75) is 25.3 Å². The number of carbonyl (C=O) groups is 2. The summed E-state index contributed by atoms with van der Waals surface area (Å²) in [7, 11) is 3.23. The molecule has 1 N–H and O–H groups in total. The third kappa shape index (κ3) is 4.78. The Hall–Kier alpha value is -3.02. The summed E-state index contributed by atoms with van der Waals surface area (Å²) < 4.78 is 10.3. The highest BCUT2D eigenvalue weighted by Gasteiger charge is 2.31. The lowest BCUT2D eigenvalue weighted by atomic mass is 10.1. The Bertz CT molecular complexity index is 787. The summed E-state index contributed by atoms with van der Waals surface area (Å²) in [6, 6.07) is 14.9. The monoisotopic (exact) mass is 368 g/mol. The first-order valence-electron chi connectivity index (χ1n) is 8.96. The third-order valence-electron chi connectivity index (χ3n) is 4.67. The molecule has 0 aromatic heterocycles. The van der Waals surface area contributed by atoms with Crippen molar-refractivity contribution in [1.29, 1.82) is 0 Å². The van der Waals surface area contributed by atoms with Gasteiger partial charge in [0.05, 0.1) is 20.3 Å². The number of hydrogen-bond donors (Lipinski definition) is 1. The summed E-state index contributed by atoms with van der Waals surface area (Å²) in [5.74, 6) is 1.51. The summed E-state index contributed by atoms with van der Waals surface area (Å²) in [5.41, 5.74) is 1.89. The summed E-state index contributed by atoms with van der Waals surface area (Å²) >= 11 is 0. The quantitative estimate of drug-likeness (QED) is 0.816. The van der Waals surface area contributed by atoms with Gasteiger partial charge in [0.15, 0.2) is 0 Å². The number of nitrogens with zero attached hydrogens (tertiary/aromatic N) is 1. The maximum Gasteiger partial charge on any atom is 0.229 e. The van der Waals surface area contributed by atoms with Crippen molar-refractivity contribution >= 4 is 17.5 Å². The maximum absolute atomic E-state index is 12.3. The van der Waals surface area contributed by atoms with E-state index in [1.54, 1.807) is 19.1 Å². The molecule has 27 heavy (non-hydrogen) atoms. The van der Waals surface area contributed by atoms with Crippen LogP contribution >= 0.6 is 0 Å². The number of aryl methyl sites for hydroxylation is 1. The molecule has 0 unspecified atom stereocenters. The van der Waals surface area contributed by atoms with Gasteiger partial charge in [0.25, 0.3) is 0 Å². The molecule has 0 bridgehead atoms. The second kappa shape index (κ2) is 8.58.